The number of imide groups is 1. The molecule has 1 saturated heterocycles. The van der Waals surface area contributed by atoms with Crippen molar-refractivity contribution in [2.75, 3.05) is 19.1 Å². The van der Waals surface area contributed by atoms with Crippen molar-refractivity contribution in [1.29, 1.82) is 0 Å². The predicted octanol–water partition coefficient (Wildman–Crippen LogP) is 2.21. The van der Waals surface area contributed by atoms with Crippen molar-refractivity contribution in [3.8, 4) is 11.5 Å². The van der Waals surface area contributed by atoms with E-state index in [4.69, 9.17) is 14.3 Å². The summed E-state index contributed by atoms with van der Waals surface area (Å²) in [7, 11) is 2.99. The van der Waals surface area contributed by atoms with Gasteiger partial charge in [-0.05, 0) is 36.8 Å². The number of nitro groups is 1. The first-order valence-corrected chi connectivity index (χ1v) is 8.96. The maximum Gasteiger partial charge on any atom is 0.278 e. The Bertz CT molecular complexity index is 1110. The predicted molar refractivity (Wildman–Crippen MR) is 105 cm³/mol. The van der Waals surface area contributed by atoms with Crippen LogP contribution in [-0.2, 0) is 14.4 Å². The van der Waals surface area contributed by atoms with Gasteiger partial charge in [-0.1, -0.05) is 5.16 Å². The van der Waals surface area contributed by atoms with Crippen LogP contribution in [-0.4, -0.2) is 42.8 Å². The molecule has 2 aromatic carbocycles. The number of hydrogen-bond donors (Lipinski definition) is 0. The Morgan fingerprint density at radius 3 is 2.43 bits per heavy atom. The average molecular weight is 411 g/mol. The lowest BCUT2D eigenvalue weighted by Gasteiger charge is -2.17. The minimum atomic E-state index is -1.09. The minimum Gasteiger partial charge on any atom is -0.493 e. The second-order valence-electron chi connectivity index (χ2n) is 6.79. The van der Waals surface area contributed by atoms with Crippen LogP contribution in [0.4, 0.5) is 11.4 Å². The molecule has 2 atom stereocenters. The maximum atomic E-state index is 13.2. The second-order valence-corrected chi connectivity index (χ2v) is 6.79. The van der Waals surface area contributed by atoms with E-state index in [-0.39, 0.29) is 11.4 Å². The largest absolute Gasteiger partial charge is 0.493 e. The van der Waals surface area contributed by atoms with E-state index in [0.717, 1.165) is 4.90 Å². The summed E-state index contributed by atoms with van der Waals surface area (Å²) >= 11 is 0. The van der Waals surface area contributed by atoms with Gasteiger partial charge in [0.05, 0.1) is 24.8 Å². The van der Waals surface area contributed by atoms with Crippen LogP contribution >= 0.6 is 0 Å². The number of anilines is 1. The van der Waals surface area contributed by atoms with Crippen LogP contribution in [0, 0.1) is 23.0 Å². The molecule has 4 rings (SSSR count). The van der Waals surface area contributed by atoms with Crippen molar-refractivity contribution in [3.63, 3.8) is 0 Å². The molecule has 10 heteroatoms. The van der Waals surface area contributed by atoms with E-state index in [1.54, 1.807) is 25.1 Å². The van der Waals surface area contributed by atoms with Gasteiger partial charge in [0.1, 0.15) is 11.6 Å². The van der Waals surface area contributed by atoms with E-state index in [9.17, 15) is 19.7 Å². The molecule has 2 aromatic rings. The highest BCUT2D eigenvalue weighted by molar-refractivity contribution is 6.32. The van der Waals surface area contributed by atoms with Crippen LogP contribution in [0.3, 0.4) is 0 Å². The zero-order valence-electron chi connectivity index (χ0n) is 16.3. The molecule has 2 aliphatic rings. The number of aryl methyl sites for hydroxylation is 1. The fourth-order valence-corrected chi connectivity index (χ4v) is 3.65. The summed E-state index contributed by atoms with van der Waals surface area (Å²) in [6.45, 7) is 1.60. The highest BCUT2D eigenvalue weighted by atomic mass is 16.7. The van der Waals surface area contributed by atoms with Crippen molar-refractivity contribution in [2.45, 2.75) is 13.0 Å². The molecule has 0 radical (unpaired) electrons. The summed E-state index contributed by atoms with van der Waals surface area (Å²) in [6, 6.07) is 8.97. The van der Waals surface area contributed by atoms with Crippen molar-refractivity contribution in [2.24, 2.45) is 11.1 Å². The van der Waals surface area contributed by atoms with Crippen LogP contribution in [0.25, 0.3) is 0 Å². The number of rotatable bonds is 5. The molecule has 30 heavy (non-hydrogen) atoms. The van der Waals surface area contributed by atoms with Crippen LogP contribution in [0.2, 0.25) is 0 Å². The third-order valence-electron chi connectivity index (χ3n) is 5.12. The van der Waals surface area contributed by atoms with Gasteiger partial charge in [0.2, 0.25) is 12.0 Å². The number of fused-ring (bicyclic) bond motifs is 1. The third kappa shape index (κ3) is 2.84. The SMILES string of the molecule is COc1ccc(C2=NO[C@H]3C(=O)N(c4ccc([N+](=O)[O-])cc4C)C(=O)[C@H]23)cc1OC. The van der Waals surface area contributed by atoms with E-state index in [2.05, 4.69) is 5.16 Å². The zero-order chi connectivity index (χ0) is 21.6. The summed E-state index contributed by atoms with van der Waals surface area (Å²) in [5, 5.41) is 14.9. The summed E-state index contributed by atoms with van der Waals surface area (Å²) in [4.78, 5) is 42.8. The van der Waals surface area contributed by atoms with Crippen molar-refractivity contribution in [3.05, 3.63) is 57.6 Å². The van der Waals surface area contributed by atoms with Gasteiger partial charge in [0, 0.05) is 17.7 Å². The number of nitrogens with zero attached hydrogens (tertiary/aromatic N) is 3. The molecule has 0 unspecified atom stereocenters. The van der Waals surface area contributed by atoms with Crippen LogP contribution < -0.4 is 14.4 Å². The van der Waals surface area contributed by atoms with Gasteiger partial charge in [-0.2, -0.15) is 0 Å². The number of benzene rings is 2. The number of ether oxygens (including phenoxy) is 2. The molecule has 154 valence electrons. The summed E-state index contributed by atoms with van der Waals surface area (Å²) in [5.41, 5.74) is 1.44. The van der Waals surface area contributed by atoms with Crippen molar-refractivity contribution in [1.82, 2.24) is 0 Å². The number of methoxy groups -OCH3 is 2. The van der Waals surface area contributed by atoms with E-state index in [0.29, 0.717) is 28.3 Å². The quantitative estimate of drug-likeness (QED) is 0.420. The molecular formula is C20H17N3O7. The number of amides is 2. The monoisotopic (exact) mass is 411 g/mol. The molecular weight excluding hydrogens is 394 g/mol. The standard InChI is InChI=1S/C20H17N3O7/c1-10-8-12(23(26)27)5-6-13(10)22-19(24)16-17(21-30-18(16)20(22)25)11-4-7-14(28-2)15(9-11)29-3/h4-9,16,18H,1-3H3/t16-,18-/m1/s1. The van der Waals surface area contributed by atoms with Gasteiger partial charge in [-0.25, -0.2) is 4.90 Å². The lowest BCUT2D eigenvalue weighted by Crippen LogP contribution is -2.33. The van der Waals surface area contributed by atoms with Crippen LogP contribution in [0.1, 0.15) is 11.1 Å². The summed E-state index contributed by atoms with van der Waals surface area (Å²) in [5.74, 6) is -1.05. The number of non-ortho nitro benzene ring substituents is 1. The number of nitro benzene ring substituents is 1. The third-order valence-corrected chi connectivity index (χ3v) is 5.12. The lowest BCUT2D eigenvalue weighted by atomic mass is 9.94. The van der Waals surface area contributed by atoms with Crippen LogP contribution in [0.15, 0.2) is 41.6 Å². The van der Waals surface area contributed by atoms with E-state index >= 15 is 0 Å². The van der Waals surface area contributed by atoms with Gasteiger partial charge >= 0.3 is 0 Å². The highest BCUT2D eigenvalue weighted by Crippen LogP contribution is 2.38. The molecule has 0 spiro atoms. The number of oxime groups is 1. The first kappa shape index (κ1) is 19.4. The smallest absolute Gasteiger partial charge is 0.278 e. The molecule has 1 fully saturated rings. The van der Waals surface area contributed by atoms with Gasteiger partial charge in [-0.15, -0.1) is 0 Å². The van der Waals surface area contributed by atoms with Crippen molar-refractivity contribution >= 4 is 28.9 Å². The Hall–Kier alpha value is -3.95. The van der Waals surface area contributed by atoms with E-state index < -0.39 is 28.8 Å². The molecule has 0 saturated carbocycles. The second kappa shape index (κ2) is 7.14. The maximum absolute atomic E-state index is 13.2. The molecule has 2 heterocycles. The number of carbonyl (C=O) groups is 2. The first-order chi connectivity index (χ1) is 14.4. The van der Waals surface area contributed by atoms with Gasteiger partial charge in [0.15, 0.2) is 11.5 Å². The zero-order valence-corrected chi connectivity index (χ0v) is 16.3. The number of carbonyl (C=O) groups excluding carboxylic acids is 2. The Kier molecular flexibility index (Phi) is 4.61. The Labute approximate surface area is 170 Å². The Morgan fingerprint density at radius 1 is 1.07 bits per heavy atom. The summed E-state index contributed by atoms with van der Waals surface area (Å²) < 4.78 is 10.5. The topological polar surface area (TPSA) is 121 Å². The first-order valence-electron chi connectivity index (χ1n) is 8.96. The Balaban J connectivity index is 1.69. The molecule has 0 aliphatic carbocycles. The molecule has 2 amide bonds. The van der Waals surface area contributed by atoms with Gasteiger partial charge < -0.3 is 14.3 Å². The minimum absolute atomic E-state index is 0.126. The molecule has 0 N–H and O–H groups in total. The van der Waals surface area contributed by atoms with Gasteiger partial charge in [0.25, 0.3) is 11.6 Å². The average Bonchev–Trinajstić information content (AvgIpc) is 3.28. The Morgan fingerprint density at radius 2 is 1.80 bits per heavy atom. The van der Waals surface area contributed by atoms with Gasteiger partial charge in [-0.3, -0.25) is 19.7 Å². The lowest BCUT2D eigenvalue weighted by molar-refractivity contribution is -0.384. The van der Waals surface area contributed by atoms with Crippen LogP contribution in [0.5, 0.6) is 11.5 Å². The molecule has 0 aromatic heterocycles. The fourth-order valence-electron chi connectivity index (χ4n) is 3.65. The normalized spacial score (nSPS) is 20.0. The molecule has 10 nitrogen and oxygen atoms in total. The highest BCUT2D eigenvalue weighted by Gasteiger charge is 2.56. The van der Waals surface area contributed by atoms with E-state index in [1.165, 1.54) is 32.4 Å². The fraction of sp³-hybridized carbons (Fsp3) is 0.250. The van der Waals surface area contributed by atoms with E-state index in [1.807, 2.05) is 0 Å². The molecule has 0 bridgehead atoms. The van der Waals surface area contributed by atoms with Crippen molar-refractivity contribution < 1.29 is 28.8 Å². The summed E-state index contributed by atoms with van der Waals surface area (Å²) in [6.07, 6.45) is -1.09. The number of hydrogen-bond acceptors (Lipinski definition) is 8. The molecule has 2 aliphatic heterocycles.